The van der Waals surface area contributed by atoms with E-state index in [-0.39, 0.29) is 31.6 Å². The van der Waals surface area contributed by atoms with Crippen LogP contribution in [0.4, 0.5) is 4.79 Å². The summed E-state index contributed by atoms with van der Waals surface area (Å²) >= 11 is 0. The van der Waals surface area contributed by atoms with Crippen molar-refractivity contribution in [3.05, 3.63) is 29.8 Å². The number of amides is 4. The van der Waals surface area contributed by atoms with Gasteiger partial charge < -0.3 is 30.3 Å². The number of nitrogens with zero attached hydrogens (tertiary/aromatic N) is 3. The van der Waals surface area contributed by atoms with Gasteiger partial charge >= 0.3 is 6.03 Å². The highest BCUT2D eigenvalue weighted by Gasteiger charge is 2.50. The Morgan fingerprint density at radius 1 is 1.37 bits per heavy atom. The molecule has 30 heavy (non-hydrogen) atoms. The molecule has 0 aliphatic carbocycles. The minimum Gasteiger partial charge on any atom is -0.491 e. The first kappa shape index (κ1) is 21.4. The summed E-state index contributed by atoms with van der Waals surface area (Å²) in [5.74, 6) is 0.0904. The molecule has 3 rings (SSSR count). The fourth-order valence-corrected chi connectivity index (χ4v) is 3.33. The number of para-hydroxylation sites is 1. The highest BCUT2D eigenvalue weighted by molar-refractivity contribution is 6.04. The quantitative estimate of drug-likeness (QED) is 0.428. The van der Waals surface area contributed by atoms with Gasteiger partial charge in [-0.2, -0.15) is 0 Å². The Labute approximate surface area is 174 Å². The van der Waals surface area contributed by atoms with Crippen LogP contribution in [0.1, 0.15) is 5.56 Å². The molecule has 2 fully saturated rings. The Bertz CT molecular complexity index is 860. The van der Waals surface area contributed by atoms with Gasteiger partial charge in [-0.05, 0) is 18.6 Å². The number of carbonyl (C=O) groups is 3. The normalized spacial score (nSPS) is 23.0. The van der Waals surface area contributed by atoms with Crippen LogP contribution >= 0.6 is 0 Å². The minimum atomic E-state index is -0.953. The van der Waals surface area contributed by atoms with Gasteiger partial charge in [0.15, 0.2) is 12.0 Å². The molecule has 3 atom stereocenters. The lowest BCUT2D eigenvalue weighted by molar-refractivity contribution is -0.127. The number of aliphatic hydroxyl groups excluding tert-OH is 1. The topological polar surface area (TPSA) is 136 Å². The van der Waals surface area contributed by atoms with Gasteiger partial charge in [0.05, 0.1) is 6.54 Å². The second-order valence-corrected chi connectivity index (χ2v) is 7.14. The predicted molar refractivity (Wildman–Crippen MR) is 108 cm³/mol. The lowest BCUT2D eigenvalue weighted by atomic mass is 10.1. The van der Waals surface area contributed by atoms with Crippen LogP contribution in [0.25, 0.3) is 0 Å². The average molecular weight is 418 g/mol. The van der Waals surface area contributed by atoms with Crippen molar-refractivity contribution in [3.63, 3.8) is 0 Å². The van der Waals surface area contributed by atoms with E-state index in [1.165, 1.54) is 11.9 Å². The summed E-state index contributed by atoms with van der Waals surface area (Å²) in [7, 11) is 3.04. The molecule has 2 aliphatic heterocycles. The fourth-order valence-electron chi connectivity index (χ4n) is 3.33. The van der Waals surface area contributed by atoms with Crippen LogP contribution in [-0.4, -0.2) is 90.8 Å². The zero-order valence-corrected chi connectivity index (χ0v) is 17.1. The van der Waals surface area contributed by atoms with E-state index in [1.807, 2.05) is 25.1 Å². The van der Waals surface area contributed by atoms with Crippen molar-refractivity contribution in [1.82, 2.24) is 25.8 Å². The molecule has 1 aromatic carbocycles. The van der Waals surface area contributed by atoms with E-state index in [2.05, 4.69) is 20.9 Å². The van der Waals surface area contributed by atoms with E-state index in [0.717, 1.165) is 5.56 Å². The summed E-state index contributed by atoms with van der Waals surface area (Å²) < 4.78 is 5.69. The maximum atomic E-state index is 12.5. The molecule has 4 amide bonds. The second kappa shape index (κ2) is 8.99. The number of likely N-dealkylation sites (N-methyl/N-ethyl adjacent to an activating group) is 2. The molecule has 0 radical (unpaired) electrons. The molecule has 4 N–H and O–H groups in total. The largest absolute Gasteiger partial charge is 0.491 e. The molecular formula is C19H26N6O5. The first-order valence-electron chi connectivity index (χ1n) is 9.54. The summed E-state index contributed by atoms with van der Waals surface area (Å²) in [5.41, 5.74) is 0.937. The van der Waals surface area contributed by atoms with Crippen LogP contribution < -0.4 is 20.7 Å². The van der Waals surface area contributed by atoms with E-state index in [9.17, 15) is 19.5 Å². The van der Waals surface area contributed by atoms with Crippen molar-refractivity contribution in [2.75, 3.05) is 33.8 Å². The van der Waals surface area contributed by atoms with Gasteiger partial charge in [-0.25, -0.2) is 9.79 Å². The number of guanidine groups is 1. The number of β-amino-alcohol motifs (C(OH)–C–C–N with tert-alkyl or cyclic N) is 1. The molecule has 162 valence electrons. The first-order chi connectivity index (χ1) is 14.3. The minimum absolute atomic E-state index is 0.00213. The van der Waals surface area contributed by atoms with Crippen LogP contribution in [0.15, 0.2) is 29.3 Å². The molecule has 2 heterocycles. The maximum absolute atomic E-state index is 12.5. The summed E-state index contributed by atoms with van der Waals surface area (Å²) in [4.78, 5) is 43.2. The SMILES string of the molecule is CNC(=O)CN=C1NC2C(C(=O)NC(=O)N2C)N1CC(O)COc1ccccc1C. The fraction of sp³-hybridized carbons (Fsp3) is 0.474. The zero-order valence-electron chi connectivity index (χ0n) is 17.1. The second-order valence-electron chi connectivity index (χ2n) is 7.14. The number of aryl methyl sites for hydroxylation is 1. The molecule has 0 saturated carbocycles. The molecule has 1 aromatic rings. The van der Waals surface area contributed by atoms with Gasteiger partial charge in [0.2, 0.25) is 5.91 Å². The Balaban J connectivity index is 1.75. The number of aliphatic imine (C=N–C) groups is 1. The smallest absolute Gasteiger partial charge is 0.325 e. The van der Waals surface area contributed by atoms with Crippen LogP contribution in [0.3, 0.4) is 0 Å². The van der Waals surface area contributed by atoms with Gasteiger partial charge in [-0.1, -0.05) is 18.2 Å². The molecule has 3 unspecified atom stereocenters. The molecular weight excluding hydrogens is 392 g/mol. The summed E-state index contributed by atoms with van der Waals surface area (Å²) in [6, 6.07) is 6.10. The highest BCUT2D eigenvalue weighted by atomic mass is 16.5. The average Bonchev–Trinajstić information content (AvgIpc) is 3.08. The van der Waals surface area contributed by atoms with E-state index >= 15 is 0 Å². The highest BCUT2D eigenvalue weighted by Crippen LogP contribution is 2.21. The summed E-state index contributed by atoms with van der Waals surface area (Å²) in [6.07, 6.45) is -1.62. The predicted octanol–water partition coefficient (Wildman–Crippen LogP) is -1.38. The number of benzene rings is 1. The third-order valence-electron chi connectivity index (χ3n) is 5.00. The molecule has 2 saturated heterocycles. The summed E-state index contributed by atoms with van der Waals surface area (Å²) in [5, 5.41) is 18.3. The van der Waals surface area contributed by atoms with Crippen LogP contribution in [0.2, 0.25) is 0 Å². The molecule has 0 aromatic heterocycles. The lowest BCUT2D eigenvalue weighted by Gasteiger charge is -2.35. The van der Waals surface area contributed by atoms with E-state index in [4.69, 9.17) is 4.74 Å². The number of hydrogen-bond donors (Lipinski definition) is 4. The van der Waals surface area contributed by atoms with Crippen molar-refractivity contribution in [2.45, 2.75) is 25.2 Å². The number of urea groups is 1. The molecule has 11 heteroatoms. The number of nitrogens with one attached hydrogen (secondary N) is 3. The summed E-state index contributed by atoms with van der Waals surface area (Å²) in [6.45, 7) is 1.75. The van der Waals surface area contributed by atoms with Crippen molar-refractivity contribution >= 4 is 23.8 Å². The first-order valence-corrected chi connectivity index (χ1v) is 9.54. The number of carbonyl (C=O) groups excluding carboxylic acids is 3. The standard InChI is InChI=1S/C19H26N6O5/c1-11-6-4-5-7-13(11)30-10-12(26)9-25-15-16(24(3)19(29)23-17(15)28)22-18(25)21-8-14(27)20-2/h4-7,12,15-16,26H,8-10H2,1-3H3,(H,20,27)(H,21,22)(H,23,28,29). The third-order valence-corrected chi connectivity index (χ3v) is 5.00. The Morgan fingerprint density at radius 3 is 2.80 bits per heavy atom. The van der Waals surface area contributed by atoms with Crippen LogP contribution in [-0.2, 0) is 9.59 Å². The van der Waals surface area contributed by atoms with Crippen LogP contribution in [0.5, 0.6) is 5.75 Å². The number of aliphatic hydroxyl groups is 1. The van der Waals surface area contributed by atoms with Gasteiger partial charge in [-0.15, -0.1) is 0 Å². The van der Waals surface area contributed by atoms with Gasteiger partial charge in [0.1, 0.15) is 31.2 Å². The Kier molecular flexibility index (Phi) is 6.40. The van der Waals surface area contributed by atoms with Crippen molar-refractivity contribution in [2.24, 2.45) is 4.99 Å². The lowest BCUT2D eigenvalue weighted by Crippen LogP contribution is -2.65. The van der Waals surface area contributed by atoms with Crippen molar-refractivity contribution in [1.29, 1.82) is 0 Å². The number of imide groups is 1. The maximum Gasteiger partial charge on any atom is 0.325 e. The Hall–Kier alpha value is -3.34. The van der Waals surface area contributed by atoms with Gasteiger partial charge in [0.25, 0.3) is 5.91 Å². The molecule has 0 spiro atoms. The number of fused-ring (bicyclic) bond motifs is 1. The van der Waals surface area contributed by atoms with E-state index in [0.29, 0.717) is 5.75 Å². The monoisotopic (exact) mass is 418 g/mol. The van der Waals surface area contributed by atoms with Crippen LogP contribution in [0, 0.1) is 6.92 Å². The van der Waals surface area contributed by atoms with Gasteiger partial charge in [-0.3, -0.25) is 14.9 Å². The Morgan fingerprint density at radius 2 is 2.10 bits per heavy atom. The number of ether oxygens (including phenoxy) is 1. The third kappa shape index (κ3) is 4.46. The number of rotatable bonds is 7. The molecule has 2 aliphatic rings. The van der Waals surface area contributed by atoms with Crippen molar-refractivity contribution in [3.8, 4) is 5.75 Å². The van der Waals surface area contributed by atoms with Crippen molar-refractivity contribution < 1.29 is 24.2 Å². The molecule has 0 bridgehead atoms. The van der Waals surface area contributed by atoms with E-state index < -0.39 is 30.2 Å². The van der Waals surface area contributed by atoms with Gasteiger partial charge in [0, 0.05) is 14.1 Å². The zero-order chi connectivity index (χ0) is 21.8. The molecule has 11 nitrogen and oxygen atoms in total. The van der Waals surface area contributed by atoms with E-state index in [1.54, 1.807) is 18.0 Å². The number of hydrogen-bond acceptors (Lipinski definition) is 6.